The van der Waals surface area contributed by atoms with E-state index in [0.717, 1.165) is 5.69 Å². The maximum absolute atomic E-state index is 12.8. The Hall–Kier alpha value is -3.22. The molecule has 0 bridgehead atoms. The smallest absolute Gasteiger partial charge is 0.249 e. The number of pyridine rings is 2. The first-order chi connectivity index (χ1) is 17.5. The van der Waals surface area contributed by atoms with Crippen LogP contribution in [0.15, 0.2) is 48.8 Å². The second-order valence-corrected chi connectivity index (χ2v) is 9.38. The van der Waals surface area contributed by atoms with E-state index in [9.17, 15) is 15.1 Å². The number of carbonyl (C=O) groups excluding carboxylic acids is 1. The van der Waals surface area contributed by atoms with Crippen molar-refractivity contribution in [2.24, 2.45) is 5.41 Å². The highest BCUT2D eigenvalue weighted by Gasteiger charge is 2.41. The van der Waals surface area contributed by atoms with Gasteiger partial charge in [-0.05, 0) is 61.9 Å². The zero-order chi connectivity index (χ0) is 25.5. The summed E-state index contributed by atoms with van der Waals surface area (Å²) >= 11 is 6.44. The molecular weight excluding hydrogens is 480 g/mol. The molecule has 0 aliphatic carbocycles. The topological polar surface area (TPSA) is 108 Å². The number of nitrogens with zero attached hydrogens (tertiary/aromatic N) is 3. The van der Waals surface area contributed by atoms with Crippen LogP contribution >= 0.6 is 11.6 Å². The number of halogens is 1. The van der Waals surface area contributed by atoms with Gasteiger partial charge >= 0.3 is 0 Å². The predicted octanol–water partition coefficient (Wildman–Crippen LogP) is 3.74. The van der Waals surface area contributed by atoms with Gasteiger partial charge in [-0.25, -0.2) is 10.5 Å². The SMILES string of the molecule is COc1ccc2ncc(Cl)c([C@H](O)CCC3(C(=O)NO)CCN(CC#Cc4ccccn4)CC3)c2c1. The number of fused-ring (bicyclic) bond motifs is 1. The maximum atomic E-state index is 12.8. The van der Waals surface area contributed by atoms with Crippen molar-refractivity contribution in [3.8, 4) is 17.6 Å². The normalized spacial score (nSPS) is 16.1. The average molecular weight is 509 g/mol. The molecule has 3 aromatic rings. The maximum Gasteiger partial charge on any atom is 0.249 e. The number of methoxy groups -OCH3 is 1. The number of aliphatic hydroxyl groups is 1. The largest absolute Gasteiger partial charge is 0.497 e. The van der Waals surface area contributed by atoms with Gasteiger partial charge in [0.25, 0.3) is 0 Å². The number of amides is 1. The van der Waals surface area contributed by atoms with Crippen molar-refractivity contribution in [1.29, 1.82) is 0 Å². The first-order valence-electron chi connectivity index (χ1n) is 11.8. The lowest BCUT2D eigenvalue weighted by Crippen LogP contribution is -2.48. The molecule has 188 valence electrons. The van der Waals surface area contributed by atoms with Gasteiger partial charge in [0, 0.05) is 36.4 Å². The van der Waals surface area contributed by atoms with Crippen LogP contribution in [0.4, 0.5) is 0 Å². The minimum Gasteiger partial charge on any atom is -0.497 e. The van der Waals surface area contributed by atoms with E-state index in [1.807, 2.05) is 29.7 Å². The second-order valence-electron chi connectivity index (χ2n) is 8.97. The Morgan fingerprint density at radius 1 is 1.28 bits per heavy atom. The number of aromatic nitrogens is 2. The molecule has 0 radical (unpaired) electrons. The van der Waals surface area contributed by atoms with Crippen LogP contribution < -0.4 is 10.2 Å². The Morgan fingerprint density at radius 2 is 2.08 bits per heavy atom. The molecule has 1 aromatic carbocycles. The van der Waals surface area contributed by atoms with Crippen molar-refractivity contribution in [2.45, 2.75) is 31.8 Å². The van der Waals surface area contributed by atoms with E-state index < -0.39 is 17.4 Å². The zero-order valence-electron chi connectivity index (χ0n) is 20.1. The monoisotopic (exact) mass is 508 g/mol. The highest BCUT2D eigenvalue weighted by atomic mass is 35.5. The van der Waals surface area contributed by atoms with Crippen molar-refractivity contribution in [3.63, 3.8) is 0 Å². The molecule has 8 nitrogen and oxygen atoms in total. The first kappa shape index (κ1) is 25.9. The Morgan fingerprint density at radius 3 is 2.78 bits per heavy atom. The number of piperidine rings is 1. The van der Waals surface area contributed by atoms with E-state index >= 15 is 0 Å². The summed E-state index contributed by atoms with van der Waals surface area (Å²) in [6, 6.07) is 11.0. The third-order valence-corrected chi connectivity index (χ3v) is 7.18. The summed E-state index contributed by atoms with van der Waals surface area (Å²) in [5.74, 6) is 6.39. The fraction of sp³-hybridized carbons (Fsp3) is 0.370. The highest BCUT2D eigenvalue weighted by Crippen LogP contribution is 2.41. The molecule has 0 saturated carbocycles. The molecule has 9 heteroatoms. The summed E-state index contributed by atoms with van der Waals surface area (Å²) in [6.45, 7) is 1.86. The fourth-order valence-electron chi connectivity index (χ4n) is 4.72. The number of hydroxylamine groups is 1. The molecule has 1 fully saturated rings. The van der Waals surface area contributed by atoms with E-state index in [2.05, 4.69) is 26.7 Å². The van der Waals surface area contributed by atoms with Crippen LogP contribution in [0.2, 0.25) is 5.02 Å². The molecule has 1 amide bonds. The molecule has 2 aromatic heterocycles. The summed E-state index contributed by atoms with van der Waals surface area (Å²) in [5, 5.41) is 21.7. The third kappa shape index (κ3) is 5.77. The number of hydrogen-bond acceptors (Lipinski definition) is 7. The van der Waals surface area contributed by atoms with E-state index in [4.69, 9.17) is 16.3 Å². The van der Waals surface area contributed by atoms with Crippen molar-refractivity contribution in [3.05, 3.63) is 65.1 Å². The van der Waals surface area contributed by atoms with Gasteiger partial charge in [0.15, 0.2) is 0 Å². The second kappa shape index (κ2) is 11.7. The predicted molar refractivity (Wildman–Crippen MR) is 137 cm³/mol. The average Bonchev–Trinajstić information content (AvgIpc) is 2.92. The number of hydrogen-bond donors (Lipinski definition) is 3. The number of likely N-dealkylation sites (tertiary alicyclic amines) is 1. The first-order valence-corrected chi connectivity index (χ1v) is 12.2. The number of carbonyl (C=O) groups is 1. The Kier molecular flexibility index (Phi) is 8.39. The quantitative estimate of drug-likeness (QED) is 0.253. The molecule has 1 aliphatic heterocycles. The number of rotatable bonds is 7. The van der Waals surface area contributed by atoms with Crippen LogP contribution in [0.25, 0.3) is 10.9 Å². The Labute approximate surface area is 215 Å². The molecule has 3 heterocycles. The van der Waals surface area contributed by atoms with Gasteiger partial charge in [-0.2, -0.15) is 0 Å². The van der Waals surface area contributed by atoms with Gasteiger partial charge in [0.1, 0.15) is 11.4 Å². The third-order valence-electron chi connectivity index (χ3n) is 6.88. The van der Waals surface area contributed by atoms with Crippen LogP contribution in [-0.4, -0.2) is 57.8 Å². The lowest BCUT2D eigenvalue weighted by molar-refractivity contribution is -0.143. The van der Waals surface area contributed by atoms with E-state index in [-0.39, 0.29) is 0 Å². The van der Waals surface area contributed by atoms with Gasteiger partial charge in [0.2, 0.25) is 5.91 Å². The summed E-state index contributed by atoms with van der Waals surface area (Å²) in [6.07, 6.45) is 4.07. The van der Waals surface area contributed by atoms with Crippen molar-refractivity contribution in [2.75, 3.05) is 26.7 Å². The summed E-state index contributed by atoms with van der Waals surface area (Å²) in [5.41, 5.74) is 3.02. The standard InChI is InChI=1S/C27H29ClN4O4/c1-36-20-7-8-23-21(17-20)25(22(28)18-30-23)24(33)9-10-27(26(34)31-35)11-15-32(16-12-27)14-4-6-19-5-2-3-13-29-19/h2-3,5,7-8,13,17-18,24,33,35H,9-12,14-16H2,1H3,(H,31,34)/t24-/m1/s1. The molecular formula is C27H29ClN4O4. The van der Waals surface area contributed by atoms with Gasteiger partial charge in [0.05, 0.1) is 35.7 Å². The Balaban J connectivity index is 1.45. The molecule has 0 unspecified atom stereocenters. The molecule has 4 rings (SSSR count). The summed E-state index contributed by atoms with van der Waals surface area (Å²) < 4.78 is 5.33. The summed E-state index contributed by atoms with van der Waals surface area (Å²) in [7, 11) is 1.57. The van der Waals surface area contributed by atoms with E-state index in [1.54, 1.807) is 25.4 Å². The fourth-order valence-corrected chi connectivity index (χ4v) is 4.99. The van der Waals surface area contributed by atoms with Crippen molar-refractivity contribution < 1.29 is 19.8 Å². The number of nitrogens with one attached hydrogen (secondary N) is 1. The molecule has 1 saturated heterocycles. The van der Waals surface area contributed by atoms with Crippen LogP contribution in [0.3, 0.4) is 0 Å². The van der Waals surface area contributed by atoms with Crippen LogP contribution in [0, 0.1) is 17.3 Å². The van der Waals surface area contributed by atoms with E-state index in [1.165, 1.54) is 6.20 Å². The van der Waals surface area contributed by atoms with Crippen LogP contribution in [0.1, 0.15) is 43.0 Å². The van der Waals surface area contributed by atoms with Gasteiger partial charge in [-0.3, -0.25) is 19.9 Å². The van der Waals surface area contributed by atoms with Crippen molar-refractivity contribution >= 4 is 28.4 Å². The number of aliphatic hydroxyl groups excluding tert-OH is 1. The lowest BCUT2D eigenvalue weighted by Gasteiger charge is -2.40. The summed E-state index contributed by atoms with van der Waals surface area (Å²) in [4.78, 5) is 23.5. The number of ether oxygens (including phenoxy) is 1. The van der Waals surface area contributed by atoms with E-state index in [0.29, 0.717) is 72.6 Å². The Bertz CT molecular complexity index is 1270. The molecule has 1 aliphatic rings. The minimum atomic E-state index is -0.916. The van der Waals surface area contributed by atoms with Gasteiger partial charge in [-0.15, -0.1) is 0 Å². The molecule has 1 atom stereocenters. The molecule has 3 N–H and O–H groups in total. The van der Waals surface area contributed by atoms with Crippen LogP contribution in [0.5, 0.6) is 5.75 Å². The van der Waals surface area contributed by atoms with Gasteiger partial charge < -0.3 is 9.84 Å². The highest BCUT2D eigenvalue weighted by molar-refractivity contribution is 6.32. The minimum absolute atomic E-state index is 0.295. The van der Waals surface area contributed by atoms with Crippen LogP contribution in [-0.2, 0) is 4.79 Å². The molecule has 0 spiro atoms. The zero-order valence-corrected chi connectivity index (χ0v) is 20.8. The molecule has 36 heavy (non-hydrogen) atoms. The lowest BCUT2D eigenvalue weighted by atomic mass is 9.73. The number of benzene rings is 1. The van der Waals surface area contributed by atoms with Gasteiger partial charge in [-0.1, -0.05) is 23.6 Å². The van der Waals surface area contributed by atoms with Crippen molar-refractivity contribution in [1.82, 2.24) is 20.3 Å².